The Balaban J connectivity index is 1.60. The molecular formula is C19H18BrN3O5S. The van der Waals surface area contributed by atoms with Crippen LogP contribution >= 0.6 is 15.9 Å². The number of carbonyl (C=O) groups is 1. The van der Waals surface area contributed by atoms with Crippen LogP contribution in [0, 0.1) is 0 Å². The van der Waals surface area contributed by atoms with E-state index in [0.29, 0.717) is 10.0 Å². The first-order valence-corrected chi connectivity index (χ1v) is 10.8. The summed E-state index contributed by atoms with van der Waals surface area (Å²) in [4.78, 5) is 12.2. The number of aromatic nitrogens is 2. The van der Waals surface area contributed by atoms with Crippen LogP contribution in [0.3, 0.4) is 0 Å². The predicted octanol–water partition coefficient (Wildman–Crippen LogP) is 2.02. The van der Waals surface area contributed by atoms with Crippen LogP contribution in [-0.2, 0) is 26.2 Å². The fourth-order valence-electron chi connectivity index (χ4n) is 2.45. The van der Waals surface area contributed by atoms with Gasteiger partial charge in [-0.15, -0.1) is 0 Å². The molecule has 0 radical (unpaired) electrons. The van der Waals surface area contributed by atoms with E-state index in [-0.39, 0.29) is 11.5 Å². The molecule has 0 aliphatic rings. The Morgan fingerprint density at radius 1 is 1.17 bits per heavy atom. The monoisotopic (exact) mass is 479 g/mol. The summed E-state index contributed by atoms with van der Waals surface area (Å²) in [5, 5.41) is 13.6. The first-order chi connectivity index (χ1) is 13.9. The highest BCUT2D eigenvalue weighted by molar-refractivity contribution is 9.10. The molecule has 0 amide bonds. The molecule has 0 bridgehead atoms. The SMILES string of the molecule is O=C(OCc1ccc(-n2cccn2)cc1)C(CO)NS(=O)(=O)c1ccc(Br)cc1. The minimum atomic E-state index is -3.99. The van der Waals surface area contributed by atoms with E-state index in [2.05, 4.69) is 25.8 Å². The van der Waals surface area contributed by atoms with Crippen LogP contribution in [0.1, 0.15) is 5.56 Å². The molecule has 1 unspecified atom stereocenters. The lowest BCUT2D eigenvalue weighted by Gasteiger charge is -2.16. The summed E-state index contributed by atoms with van der Waals surface area (Å²) >= 11 is 3.22. The van der Waals surface area contributed by atoms with Crippen molar-refractivity contribution in [3.05, 3.63) is 77.0 Å². The molecule has 2 aromatic carbocycles. The van der Waals surface area contributed by atoms with Crippen LogP contribution < -0.4 is 4.72 Å². The van der Waals surface area contributed by atoms with E-state index in [9.17, 15) is 18.3 Å². The number of hydrogen-bond donors (Lipinski definition) is 2. The van der Waals surface area contributed by atoms with Crippen molar-refractivity contribution in [2.75, 3.05) is 6.61 Å². The number of sulfonamides is 1. The van der Waals surface area contributed by atoms with E-state index >= 15 is 0 Å². The van der Waals surface area contributed by atoms with Gasteiger partial charge in [-0.05, 0) is 48.0 Å². The standard InChI is InChI=1S/C19H18BrN3O5S/c20-15-4-8-17(9-5-15)29(26,27)22-18(12-24)19(25)28-13-14-2-6-16(7-3-14)23-11-1-10-21-23/h1-11,18,22,24H,12-13H2. The second-order valence-electron chi connectivity index (χ2n) is 6.04. The number of ether oxygens (including phenoxy) is 1. The average Bonchev–Trinajstić information content (AvgIpc) is 3.26. The van der Waals surface area contributed by atoms with E-state index < -0.39 is 28.6 Å². The Hall–Kier alpha value is -2.53. The number of nitrogens with one attached hydrogen (secondary N) is 1. The molecule has 29 heavy (non-hydrogen) atoms. The number of aliphatic hydroxyl groups is 1. The molecule has 1 heterocycles. The van der Waals surface area contributed by atoms with Gasteiger partial charge in [-0.25, -0.2) is 13.1 Å². The zero-order valence-electron chi connectivity index (χ0n) is 15.1. The van der Waals surface area contributed by atoms with Crippen molar-refractivity contribution < 1.29 is 23.1 Å². The maximum atomic E-state index is 12.4. The number of nitrogens with zero attached hydrogens (tertiary/aromatic N) is 2. The van der Waals surface area contributed by atoms with Crippen molar-refractivity contribution in [3.8, 4) is 5.69 Å². The molecule has 0 saturated carbocycles. The second-order valence-corrected chi connectivity index (χ2v) is 8.66. The third kappa shape index (κ3) is 5.51. The van der Waals surface area contributed by atoms with Gasteiger partial charge in [-0.1, -0.05) is 28.1 Å². The number of hydrogen-bond acceptors (Lipinski definition) is 6. The summed E-state index contributed by atoms with van der Waals surface area (Å²) in [5.74, 6) is -0.871. The number of aliphatic hydroxyl groups excluding tert-OH is 1. The average molecular weight is 480 g/mol. The van der Waals surface area contributed by atoms with Crippen molar-refractivity contribution in [1.29, 1.82) is 0 Å². The number of carbonyl (C=O) groups excluding carboxylic acids is 1. The smallest absolute Gasteiger partial charge is 0.326 e. The van der Waals surface area contributed by atoms with Crippen molar-refractivity contribution in [3.63, 3.8) is 0 Å². The molecule has 1 atom stereocenters. The van der Waals surface area contributed by atoms with Gasteiger partial charge in [-0.2, -0.15) is 9.82 Å². The lowest BCUT2D eigenvalue weighted by Crippen LogP contribution is -2.44. The van der Waals surface area contributed by atoms with Crippen molar-refractivity contribution in [2.45, 2.75) is 17.5 Å². The van der Waals surface area contributed by atoms with Crippen LogP contribution in [0.5, 0.6) is 0 Å². The van der Waals surface area contributed by atoms with Gasteiger partial charge in [0.1, 0.15) is 12.6 Å². The van der Waals surface area contributed by atoms with E-state index in [0.717, 1.165) is 5.69 Å². The first kappa shape index (κ1) is 21.2. The molecule has 0 saturated heterocycles. The van der Waals surface area contributed by atoms with Crippen molar-refractivity contribution in [1.82, 2.24) is 14.5 Å². The van der Waals surface area contributed by atoms with Crippen LogP contribution in [0.25, 0.3) is 5.69 Å². The van der Waals surface area contributed by atoms with Crippen molar-refractivity contribution >= 4 is 31.9 Å². The van der Waals surface area contributed by atoms with Crippen LogP contribution in [0.2, 0.25) is 0 Å². The lowest BCUT2D eigenvalue weighted by molar-refractivity contribution is -0.148. The number of benzene rings is 2. The summed E-state index contributed by atoms with van der Waals surface area (Å²) in [6.07, 6.45) is 3.47. The highest BCUT2D eigenvalue weighted by atomic mass is 79.9. The highest BCUT2D eigenvalue weighted by Crippen LogP contribution is 2.15. The van der Waals surface area contributed by atoms with Crippen molar-refractivity contribution in [2.24, 2.45) is 0 Å². The largest absolute Gasteiger partial charge is 0.460 e. The van der Waals surface area contributed by atoms with Gasteiger partial charge in [0.15, 0.2) is 0 Å². The molecule has 8 nitrogen and oxygen atoms in total. The third-order valence-corrected chi connectivity index (χ3v) is 5.99. The third-order valence-electron chi connectivity index (χ3n) is 3.97. The molecule has 3 rings (SSSR count). The second kappa shape index (κ2) is 9.31. The fourth-order valence-corrected chi connectivity index (χ4v) is 3.89. The number of esters is 1. The van der Waals surface area contributed by atoms with Gasteiger partial charge in [0.05, 0.1) is 17.2 Å². The normalized spacial score (nSPS) is 12.5. The van der Waals surface area contributed by atoms with Crippen LogP contribution in [0.15, 0.2) is 76.4 Å². The van der Waals surface area contributed by atoms with E-state index in [1.54, 1.807) is 47.4 Å². The topological polar surface area (TPSA) is 111 Å². The Morgan fingerprint density at radius 2 is 1.86 bits per heavy atom. The van der Waals surface area contributed by atoms with Gasteiger partial charge in [0, 0.05) is 16.9 Å². The summed E-state index contributed by atoms with van der Waals surface area (Å²) in [7, 11) is -3.99. The van der Waals surface area contributed by atoms with Gasteiger partial charge >= 0.3 is 5.97 Å². The fraction of sp³-hybridized carbons (Fsp3) is 0.158. The number of halogens is 1. The molecule has 2 N–H and O–H groups in total. The zero-order valence-corrected chi connectivity index (χ0v) is 17.5. The molecule has 3 aromatic rings. The van der Waals surface area contributed by atoms with E-state index in [1.165, 1.54) is 12.1 Å². The summed E-state index contributed by atoms with van der Waals surface area (Å²) < 4.78 is 34.5. The minimum Gasteiger partial charge on any atom is -0.460 e. The molecule has 152 valence electrons. The van der Waals surface area contributed by atoms with Gasteiger partial charge in [-0.3, -0.25) is 4.79 Å². The minimum absolute atomic E-state index is 0.0267. The Bertz CT molecular complexity index is 1050. The predicted molar refractivity (Wildman–Crippen MR) is 109 cm³/mol. The summed E-state index contributed by atoms with van der Waals surface area (Å²) in [6.45, 7) is -0.790. The van der Waals surface area contributed by atoms with Crippen LogP contribution in [0.4, 0.5) is 0 Å². The molecule has 0 aliphatic carbocycles. The maximum Gasteiger partial charge on any atom is 0.326 e. The van der Waals surface area contributed by atoms with Crippen LogP contribution in [-0.4, -0.2) is 41.9 Å². The zero-order chi connectivity index (χ0) is 20.9. The molecule has 0 spiro atoms. The Labute approximate surface area is 176 Å². The summed E-state index contributed by atoms with van der Waals surface area (Å²) in [5.41, 5.74) is 1.56. The molecule has 0 fully saturated rings. The van der Waals surface area contributed by atoms with Gasteiger partial charge in [0.25, 0.3) is 0 Å². The van der Waals surface area contributed by atoms with E-state index in [4.69, 9.17) is 4.74 Å². The quantitative estimate of drug-likeness (QED) is 0.478. The van der Waals surface area contributed by atoms with Gasteiger partial charge < -0.3 is 9.84 Å². The van der Waals surface area contributed by atoms with E-state index in [1.807, 2.05) is 12.1 Å². The highest BCUT2D eigenvalue weighted by Gasteiger charge is 2.26. The molecule has 10 heteroatoms. The first-order valence-electron chi connectivity index (χ1n) is 8.53. The number of rotatable bonds is 8. The Kier molecular flexibility index (Phi) is 6.80. The lowest BCUT2D eigenvalue weighted by atomic mass is 10.2. The summed E-state index contributed by atoms with van der Waals surface area (Å²) in [6, 6.07) is 13.5. The Morgan fingerprint density at radius 3 is 2.45 bits per heavy atom. The maximum absolute atomic E-state index is 12.4. The molecule has 0 aliphatic heterocycles. The molecule has 1 aromatic heterocycles. The molecular weight excluding hydrogens is 462 g/mol. The van der Waals surface area contributed by atoms with Gasteiger partial charge in [0.2, 0.25) is 10.0 Å².